The van der Waals surface area contributed by atoms with E-state index in [1.165, 1.54) is 6.07 Å². The Bertz CT molecular complexity index is 623. The fraction of sp³-hybridized carbons (Fsp3) is 0.333. The quantitative estimate of drug-likeness (QED) is 0.631. The highest BCUT2D eigenvalue weighted by atomic mass is 19.4. The normalized spacial score (nSPS) is 13.1. The number of fused-ring (bicyclic) bond motifs is 1. The maximum Gasteiger partial charge on any atom is 0.419 e. The fourth-order valence-electron chi connectivity index (χ4n) is 2.01. The first-order valence-electron chi connectivity index (χ1n) is 5.62. The molecule has 3 N–H and O–H groups in total. The zero-order chi connectivity index (χ0) is 15.1. The van der Waals surface area contributed by atoms with Gasteiger partial charge in [0.05, 0.1) is 5.56 Å². The minimum Gasteiger partial charge on any atom is -0.398 e. The number of alkyl halides is 6. The molecule has 2 nitrogen and oxygen atoms in total. The highest BCUT2D eigenvalue weighted by molar-refractivity contribution is 5.88. The Morgan fingerprint density at radius 2 is 1.70 bits per heavy atom. The number of halogens is 6. The van der Waals surface area contributed by atoms with Gasteiger partial charge in [-0.25, -0.2) is 0 Å². The van der Waals surface area contributed by atoms with E-state index < -0.39 is 36.4 Å². The smallest absolute Gasteiger partial charge is 0.398 e. The molecule has 0 atom stereocenters. The lowest BCUT2D eigenvalue weighted by Crippen LogP contribution is -2.09. The number of H-pyrrole nitrogens is 1. The second-order valence-corrected chi connectivity index (χ2v) is 4.40. The molecular weight excluding hydrogens is 286 g/mol. The minimum absolute atomic E-state index is 0.0911. The van der Waals surface area contributed by atoms with Gasteiger partial charge in [-0.2, -0.15) is 26.3 Å². The lowest BCUT2D eigenvalue weighted by molar-refractivity contribution is -0.136. The van der Waals surface area contributed by atoms with Gasteiger partial charge >= 0.3 is 12.4 Å². The second-order valence-electron chi connectivity index (χ2n) is 4.40. The van der Waals surface area contributed by atoms with Crippen LogP contribution >= 0.6 is 0 Å². The lowest BCUT2D eigenvalue weighted by atomic mass is 10.1. The monoisotopic (exact) mass is 296 g/mol. The van der Waals surface area contributed by atoms with Gasteiger partial charge in [0.1, 0.15) is 0 Å². The van der Waals surface area contributed by atoms with E-state index in [2.05, 4.69) is 4.98 Å². The lowest BCUT2D eigenvalue weighted by Gasteiger charge is -2.10. The van der Waals surface area contributed by atoms with Crippen LogP contribution in [0.15, 0.2) is 18.2 Å². The first kappa shape index (κ1) is 14.5. The predicted octanol–water partition coefficient (Wildman–Crippen LogP) is 4.26. The van der Waals surface area contributed by atoms with E-state index in [9.17, 15) is 26.3 Å². The van der Waals surface area contributed by atoms with Gasteiger partial charge in [-0.05, 0) is 24.6 Å². The predicted molar refractivity (Wildman–Crippen MR) is 62.1 cm³/mol. The first-order chi connectivity index (χ1) is 9.08. The van der Waals surface area contributed by atoms with Gasteiger partial charge in [0, 0.05) is 28.7 Å². The Hall–Kier alpha value is -1.86. The molecule has 0 saturated carbocycles. The molecule has 0 aliphatic carbocycles. The molecule has 110 valence electrons. The van der Waals surface area contributed by atoms with Crippen molar-refractivity contribution in [3.05, 3.63) is 29.5 Å². The maximum atomic E-state index is 12.9. The van der Waals surface area contributed by atoms with E-state index >= 15 is 0 Å². The fourth-order valence-corrected chi connectivity index (χ4v) is 2.01. The van der Waals surface area contributed by atoms with Crippen molar-refractivity contribution in [2.24, 2.45) is 0 Å². The van der Waals surface area contributed by atoms with Crippen molar-refractivity contribution in [2.75, 3.05) is 5.73 Å². The van der Waals surface area contributed by atoms with Gasteiger partial charge in [0.2, 0.25) is 0 Å². The highest BCUT2D eigenvalue weighted by Gasteiger charge is 2.35. The van der Waals surface area contributed by atoms with Crippen molar-refractivity contribution in [3.8, 4) is 0 Å². The van der Waals surface area contributed by atoms with E-state index in [-0.39, 0.29) is 16.6 Å². The molecule has 8 heteroatoms. The van der Waals surface area contributed by atoms with E-state index in [4.69, 9.17) is 5.73 Å². The number of nitrogens with two attached hydrogens (primary N) is 1. The number of nitrogens with one attached hydrogen (secondary N) is 1. The molecule has 1 aromatic carbocycles. The molecule has 0 saturated heterocycles. The summed E-state index contributed by atoms with van der Waals surface area (Å²) in [6.45, 7) is 0. The Labute approximate surface area is 109 Å². The average Bonchev–Trinajstić information content (AvgIpc) is 2.66. The number of aryl methyl sites for hydroxylation is 1. The summed E-state index contributed by atoms with van der Waals surface area (Å²) < 4.78 is 75.0. The topological polar surface area (TPSA) is 41.8 Å². The summed E-state index contributed by atoms with van der Waals surface area (Å²) in [5.41, 5.74) is 4.04. The SMILES string of the molecule is Nc1ccc2[nH]c(CCC(F)(F)F)cc2c1C(F)(F)F. The Kier molecular flexibility index (Phi) is 3.35. The number of aromatic amines is 1. The van der Waals surface area contributed by atoms with Crippen molar-refractivity contribution < 1.29 is 26.3 Å². The first-order valence-corrected chi connectivity index (χ1v) is 5.62. The molecule has 2 rings (SSSR count). The van der Waals surface area contributed by atoms with Gasteiger partial charge in [0.15, 0.2) is 0 Å². The summed E-state index contributed by atoms with van der Waals surface area (Å²) in [6, 6.07) is 3.46. The van der Waals surface area contributed by atoms with Gasteiger partial charge < -0.3 is 10.7 Å². The molecule has 0 radical (unpaired) electrons. The average molecular weight is 296 g/mol. The molecule has 0 aliphatic rings. The van der Waals surface area contributed by atoms with Gasteiger partial charge in [0.25, 0.3) is 0 Å². The number of aromatic nitrogens is 1. The van der Waals surface area contributed by atoms with Crippen LogP contribution in [-0.4, -0.2) is 11.2 Å². The number of hydrogen-bond donors (Lipinski definition) is 2. The van der Waals surface area contributed by atoms with Crippen molar-refractivity contribution >= 4 is 16.6 Å². The number of rotatable bonds is 2. The van der Waals surface area contributed by atoms with Crippen LogP contribution in [0.1, 0.15) is 17.7 Å². The Morgan fingerprint density at radius 1 is 1.05 bits per heavy atom. The zero-order valence-corrected chi connectivity index (χ0v) is 9.99. The summed E-state index contributed by atoms with van der Waals surface area (Å²) in [7, 11) is 0. The van der Waals surface area contributed by atoms with Crippen LogP contribution in [0.5, 0.6) is 0 Å². The summed E-state index contributed by atoms with van der Waals surface area (Å²) >= 11 is 0. The molecular formula is C12H10F6N2. The standard InChI is InChI=1S/C12H10F6N2/c13-11(14,15)4-3-6-5-7-9(20-6)2-1-8(19)10(7)12(16,17)18/h1-2,5,20H,3-4,19H2. The van der Waals surface area contributed by atoms with E-state index in [0.29, 0.717) is 0 Å². The molecule has 0 fully saturated rings. The van der Waals surface area contributed by atoms with Gasteiger partial charge in [-0.3, -0.25) is 0 Å². The molecule has 0 spiro atoms. The second kappa shape index (κ2) is 4.60. The molecule has 0 bridgehead atoms. The van der Waals surface area contributed by atoms with E-state index in [1.54, 1.807) is 0 Å². The molecule has 0 unspecified atom stereocenters. The number of nitrogen functional groups attached to an aromatic ring is 1. The summed E-state index contributed by atoms with van der Waals surface area (Å²) in [6.07, 6.45) is -10.5. The van der Waals surface area contributed by atoms with Crippen LogP contribution in [0.25, 0.3) is 10.9 Å². The van der Waals surface area contributed by atoms with Gasteiger partial charge in [-0.15, -0.1) is 0 Å². The third-order valence-electron chi connectivity index (χ3n) is 2.85. The highest BCUT2D eigenvalue weighted by Crippen LogP contribution is 2.39. The summed E-state index contributed by atoms with van der Waals surface area (Å²) in [5.74, 6) is 0. The number of benzene rings is 1. The van der Waals surface area contributed by atoms with Crippen molar-refractivity contribution in [1.29, 1.82) is 0 Å². The van der Waals surface area contributed by atoms with Crippen LogP contribution in [0.4, 0.5) is 32.0 Å². The molecule has 1 aromatic heterocycles. The summed E-state index contributed by atoms with van der Waals surface area (Å²) in [5, 5.41) is -0.213. The van der Waals surface area contributed by atoms with Crippen molar-refractivity contribution in [3.63, 3.8) is 0 Å². The third-order valence-corrected chi connectivity index (χ3v) is 2.85. The summed E-state index contributed by atoms with van der Waals surface area (Å²) in [4.78, 5) is 2.55. The zero-order valence-electron chi connectivity index (χ0n) is 9.99. The van der Waals surface area contributed by atoms with Crippen LogP contribution < -0.4 is 5.73 Å². The van der Waals surface area contributed by atoms with Crippen LogP contribution in [0, 0.1) is 0 Å². The maximum absolute atomic E-state index is 12.9. The Morgan fingerprint density at radius 3 is 2.25 bits per heavy atom. The molecule has 2 aromatic rings. The number of anilines is 1. The van der Waals surface area contributed by atoms with Crippen molar-refractivity contribution in [2.45, 2.75) is 25.2 Å². The molecule has 0 amide bonds. The minimum atomic E-state index is -4.66. The van der Waals surface area contributed by atoms with E-state index in [1.807, 2.05) is 0 Å². The van der Waals surface area contributed by atoms with Crippen LogP contribution in [0.2, 0.25) is 0 Å². The third kappa shape index (κ3) is 3.00. The van der Waals surface area contributed by atoms with E-state index in [0.717, 1.165) is 12.1 Å². The van der Waals surface area contributed by atoms with Crippen molar-refractivity contribution in [1.82, 2.24) is 4.98 Å². The number of hydrogen-bond acceptors (Lipinski definition) is 1. The molecule has 0 aliphatic heterocycles. The Balaban J connectivity index is 2.44. The van der Waals surface area contributed by atoms with Crippen LogP contribution in [0.3, 0.4) is 0 Å². The van der Waals surface area contributed by atoms with Crippen LogP contribution in [-0.2, 0) is 12.6 Å². The van der Waals surface area contributed by atoms with Gasteiger partial charge in [-0.1, -0.05) is 0 Å². The molecule has 20 heavy (non-hydrogen) atoms. The molecule has 1 heterocycles. The largest absolute Gasteiger partial charge is 0.419 e.